The summed E-state index contributed by atoms with van der Waals surface area (Å²) >= 11 is 8.28. The van der Waals surface area contributed by atoms with Crippen LogP contribution in [0.25, 0.3) is 0 Å². The number of amides is 1. The average molecular weight is 391 g/mol. The van der Waals surface area contributed by atoms with Gasteiger partial charge in [0.1, 0.15) is 5.82 Å². The Kier molecular flexibility index (Phi) is 4.36. The zero-order valence-electron chi connectivity index (χ0n) is 9.11. The number of hydrogen-bond donors (Lipinski definition) is 2. The average Bonchev–Trinajstić information content (AvgIpc) is 2.75. The highest BCUT2D eigenvalue weighted by Crippen LogP contribution is 2.23. The van der Waals surface area contributed by atoms with E-state index < -0.39 is 0 Å². The first-order chi connectivity index (χ1) is 8.58. The number of nitrogens with two attached hydrogens (primary N) is 1. The van der Waals surface area contributed by atoms with E-state index in [1.165, 1.54) is 6.20 Å². The molecule has 0 bridgehead atoms. The number of carbonyl (C=O) groups is 1. The van der Waals surface area contributed by atoms with E-state index in [1.807, 2.05) is 11.4 Å². The first kappa shape index (κ1) is 13.5. The van der Waals surface area contributed by atoms with Crippen LogP contribution in [-0.2, 0) is 6.54 Å². The molecule has 2 heterocycles. The third-order valence-electron chi connectivity index (χ3n) is 2.22. The smallest absolute Gasteiger partial charge is 0.252 e. The van der Waals surface area contributed by atoms with Gasteiger partial charge in [0, 0.05) is 20.0 Å². The second-order valence-electron chi connectivity index (χ2n) is 3.46. The first-order valence-electron chi connectivity index (χ1n) is 4.99. The van der Waals surface area contributed by atoms with Gasteiger partial charge in [-0.15, -0.1) is 11.3 Å². The second-order valence-corrected chi connectivity index (χ2v) is 6.17. The number of carbonyl (C=O) groups excluding carboxylic acids is 1. The highest BCUT2D eigenvalue weighted by atomic mass is 79.9. The maximum absolute atomic E-state index is 12.0. The Balaban J connectivity index is 2.08. The largest absolute Gasteiger partial charge is 0.384 e. The molecule has 0 saturated heterocycles. The van der Waals surface area contributed by atoms with Gasteiger partial charge in [-0.1, -0.05) is 0 Å². The Hall–Kier alpha value is -0.920. The van der Waals surface area contributed by atoms with Gasteiger partial charge in [0.25, 0.3) is 5.91 Å². The van der Waals surface area contributed by atoms with Crippen molar-refractivity contribution in [2.24, 2.45) is 0 Å². The second kappa shape index (κ2) is 5.81. The SMILES string of the molecule is Nc1cc(C(=O)NCc2sccc2Br)c(Br)cn1. The van der Waals surface area contributed by atoms with Crippen LogP contribution in [0.4, 0.5) is 5.82 Å². The summed E-state index contributed by atoms with van der Waals surface area (Å²) < 4.78 is 1.63. The maximum atomic E-state index is 12.0. The Morgan fingerprint density at radius 1 is 1.44 bits per heavy atom. The van der Waals surface area contributed by atoms with Crippen LogP contribution < -0.4 is 11.1 Å². The lowest BCUT2D eigenvalue weighted by atomic mass is 10.2. The number of nitrogen functional groups attached to an aromatic ring is 1. The van der Waals surface area contributed by atoms with Gasteiger partial charge < -0.3 is 11.1 Å². The molecule has 0 fully saturated rings. The third kappa shape index (κ3) is 3.09. The van der Waals surface area contributed by atoms with Crippen LogP contribution in [0.3, 0.4) is 0 Å². The zero-order chi connectivity index (χ0) is 13.1. The molecule has 7 heteroatoms. The van der Waals surface area contributed by atoms with E-state index in [0.29, 0.717) is 22.4 Å². The van der Waals surface area contributed by atoms with E-state index in [-0.39, 0.29) is 5.91 Å². The number of nitrogens with one attached hydrogen (secondary N) is 1. The molecule has 2 aromatic rings. The van der Waals surface area contributed by atoms with E-state index in [1.54, 1.807) is 17.4 Å². The molecule has 0 aliphatic rings. The third-order valence-corrected chi connectivity index (χ3v) is 4.78. The lowest BCUT2D eigenvalue weighted by molar-refractivity contribution is 0.0950. The predicted octanol–water partition coefficient (Wildman–Crippen LogP) is 3.18. The molecule has 18 heavy (non-hydrogen) atoms. The van der Waals surface area contributed by atoms with Crippen molar-refractivity contribution in [2.45, 2.75) is 6.54 Å². The van der Waals surface area contributed by atoms with Gasteiger partial charge in [-0.05, 0) is 49.4 Å². The van der Waals surface area contributed by atoms with E-state index in [4.69, 9.17) is 5.73 Å². The van der Waals surface area contributed by atoms with Crippen LogP contribution in [0.15, 0.2) is 32.7 Å². The zero-order valence-corrected chi connectivity index (χ0v) is 13.1. The Morgan fingerprint density at radius 2 is 2.22 bits per heavy atom. The Labute approximate surface area is 125 Å². The maximum Gasteiger partial charge on any atom is 0.252 e. The fourth-order valence-electron chi connectivity index (χ4n) is 1.34. The van der Waals surface area contributed by atoms with Gasteiger partial charge in [0.2, 0.25) is 0 Å². The minimum Gasteiger partial charge on any atom is -0.384 e. The molecule has 0 aromatic carbocycles. The highest BCUT2D eigenvalue weighted by molar-refractivity contribution is 9.10. The van der Waals surface area contributed by atoms with Crippen molar-refractivity contribution in [1.82, 2.24) is 10.3 Å². The van der Waals surface area contributed by atoms with Crippen LogP contribution in [0.5, 0.6) is 0 Å². The first-order valence-corrected chi connectivity index (χ1v) is 7.45. The topological polar surface area (TPSA) is 68.0 Å². The highest BCUT2D eigenvalue weighted by Gasteiger charge is 2.11. The van der Waals surface area contributed by atoms with Crippen LogP contribution in [0.2, 0.25) is 0 Å². The normalized spacial score (nSPS) is 10.3. The molecule has 0 saturated carbocycles. The number of pyridine rings is 1. The van der Waals surface area contributed by atoms with Gasteiger partial charge in [-0.3, -0.25) is 4.79 Å². The standard InChI is InChI=1S/C11H9Br2N3OS/c12-7-1-2-18-9(7)5-16-11(17)6-3-10(14)15-4-8(6)13/h1-4H,5H2,(H2,14,15)(H,16,17). The predicted molar refractivity (Wildman–Crippen MR) is 79.5 cm³/mol. The molecule has 94 valence electrons. The molecule has 1 amide bonds. The van der Waals surface area contributed by atoms with Crippen molar-refractivity contribution < 1.29 is 4.79 Å². The number of aromatic nitrogens is 1. The van der Waals surface area contributed by atoms with Gasteiger partial charge in [-0.25, -0.2) is 4.98 Å². The molecular formula is C11H9Br2N3OS. The van der Waals surface area contributed by atoms with Crippen LogP contribution in [-0.4, -0.2) is 10.9 Å². The van der Waals surface area contributed by atoms with E-state index in [2.05, 4.69) is 42.2 Å². The minimum absolute atomic E-state index is 0.184. The van der Waals surface area contributed by atoms with Crippen LogP contribution in [0, 0.1) is 0 Å². The Bertz CT molecular complexity index is 585. The molecule has 0 aliphatic heterocycles. The van der Waals surface area contributed by atoms with Crippen molar-refractivity contribution in [3.8, 4) is 0 Å². The van der Waals surface area contributed by atoms with Gasteiger partial charge in [-0.2, -0.15) is 0 Å². The summed E-state index contributed by atoms with van der Waals surface area (Å²) in [4.78, 5) is 17.0. The molecule has 0 radical (unpaired) electrons. The molecule has 2 rings (SSSR count). The number of thiophene rings is 1. The summed E-state index contributed by atoms with van der Waals surface area (Å²) in [5.41, 5.74) is 6.04. The molecule has 0 aliphatic carbocycles. The summed E-state index contributed by atoms with van der Waals surface area (Å²) in [7, 11) is 0. The number of rotatable bonds is 3. The van der Waals surface area contributed by atoms with Gasteiger partial charge >= 0.3 is 0 Å². The van der Waals surface area contributed by atoms with Crippen LogP contribution in [0.1, 0.15) is 15.2 Å². The van der Waals surface area contributed by atoms with Gasteiger partial charge in [0.05, 0.1) is 12.1 Å². The van der Waals surface area contributed by atoms with Crippen molar-refractivity contribution in [2.75, 3.05) is 5.73 Å². The van der Waals surface area contributed by atoms with Crippen molar-refractivity contribution in [1.29, 1.82) is 0 Å². The Morgan fingerprint density at radius 3 is 2.89 bits per heavy atom. The molecular weight excluding hydrogens is 382 g/mol. The number of hydrogen-bond acceptors (Lipinski definition) is 4. The summed E-state index contributed by atoms with van der Waals surface area (Å²) in [5.74, 6) is 0.136. The van der Waals surface area contributed by atoms with Crippen molar-refractivity contribution >= 4 is 54.9 Å². The molecule has 0 unspecified atom stereocenters. The quantitative estimate of drug-likeness (QED) is 0.845. The molecule has 4 nitrogen and oxygen atoms in total. The fraction of sp³-hybridized carbons (Fsp3) is 0.0909. The summed E-state index contributed by atoms with van der Waals surface area (Å²) in [6.07, 6.45) is 1.52. The van der Waals surface area contributed by atoms with Crippen LogP contribution >= 0.6 is 43.2 Å². The number of nitrogens with zero attached hydrogens (tertiary/aromatic N) is 1. The summed E-state index contributed by atoms with van der Waals surface area (Å²) in [5, 5.41) is 4.80. The lowest BCUT2D eigenvalue weighted by Gasteiger charge is -2.06. The minimum atomic E-state index is -0.184. The number of halogens is 2. The van der Waals surface area contributed by atoms with E-state index >= 15 is 0 Å². The fourth-order valence-corrected chi connectivity index (χ4v) is 3.16. The molecule has 0 spiro atoms. The lowest BCUT2D eigenvalue weighted by Crippen LogP contribution is -2.23. The van der Waals surface area contributed by atoms with Crippen molar-refractivity contribution in [3.63, 3.8) is 0 Å². The monoisotopic (exact) mass is 389 g/mol. The molecule has 3 N–H and O–H groups in total. The van der Waals surface area contributed by atoms with Gasteiger partial charge in [0.15, 0.2) is 0 Å². The van der Waals surface area contributed by atoms with Crippen molar-refractivity contribution in [3.05, 3.63) is 43.1 Å². The molecule has 0 atom stereocenters. The van der Waals surface area contributed by atoms with E-state index in [0.717, 1.165) is 9.35 Å². The van der Waals surface area contributed by atoms with E-state index in [9.17, 15) is 4.79 Å². The summed E-state index contributed by atoms with van der Waals surface area (Å²) in [6.45, 7) is 0.478. The number of anilines is 1. The molecule has 2 aromatic heterocycles. The summed E-state index contributed by atoms with van der Waals surface area (Å²) in [6, 6.07) is 3.50.